The Hall–Kier alpha value is -1.02. The van der Waals surface area contributed by atoms with Crippen molar-refractivity contribution in [3.05, 3.63) is 29.3 Å². The van der Waals surface area contributed by atoms with E-state index in [9.17, 15) is 0 Å². The van der Waals surface area contributed by atoms with Crippen molar-refractivity contribution in [1.82, 2.24) is 5.32 Å². The Bertz CT molecular complexity index is 438. The zero-order chi connectivity index (χ0) is 16.1. The van der Waals surface area contributed by atoms with Crippen molar-refractivity contribution in [3.8, 4) is 5.75 Å². The lowest BCUT2D eigenvalue weighted by molar-refractivity contribution is 0.291. The van der Waals surface area contributed by atoms with Gasteiger partial charge in [-0.15, -0.1) is 0 Å². The molecular formula is C19H33NO. The van der Waals surface area contributed by atoms with Crippen molar-refractivity contribution in [3.63, 3.8) is 0 Å². The summed E-state index contributed by atoms with van der Waals surface area (Å²) in [4.78, 5) is 0. The molecule has 0 fully saturated rings. The molecule has 0 unspecified atom stereocenters. The summed E-state index contributed by atoms with van der Waals surface area (Å²) in [5.74, 6) is 1.04. The van der Waals surface area contributed by atoms with E-state index >= 15 is 0 Å². The van der Waals surface area contributed by atoms with Gasteiger partial charge in [0.15, 0.2) is 0 Å². The van der Waals surface area contributed by atoms with E-state index in [1.807, 2.05) is 0 Å². The van der Waals surface area contributed by atoms with E-state index in [0.29, 0.717) is 0 Å². The summed E-state index contributed by atoms with van der Waals surface area (Å²) in [7, 11) is 0. The van der Waals surface area contributed by atoms with Crippen molar-refractivity contribution < 1.29 is 4.74 Å². The molecule has 21 heavy (non-hydrogen) atoms. The molecule has 0 aliphatic heterocycles. The number of benzene rings is 1. The topological polar surface area (TPSA) is 21.3 Å². The molecule has 0 aliphatic rings. The van der Waals surface area contributed by atoms with Gasteiger partial charge in [-0.1, -0.05) is 39.8 Å². The first-order chi connectivity index (χ1) is 9.63. The fourth-order valence-electron chi connectivity index (χ4n) is 2.23. The molecule has 1 N–H and O–H groups in total. The Morgan fingerprint density at radius 3 is 2.24 bits per heavy atom. The molecule has 1 rings (SSSR count). The van der Waals surface area contributed by atoms with Crippen LogP contribution in [0.3, 0.4) is 0 Å². The summed E-state index contributed by atoms with van der Waals surface area (Å²) in [6.07, 6.45) is 2.09. The maximum Gasteiger partial charge on any atom is 0.123 e. The SMILES string of the molecule is CCc1ccc(OCCCNC(C)(C)C)c(C(C)(C)C)c1. The maximum atomic E-state index is 6.04. The molecular weight excluding hydrogens is 258 g/mol. The monoisotopic (exact) mass is 291 g/mol. The van der Waals surface area contributed by atoms with Crippen LogP contribution in [0.25, 0.3) is 0 Å². The molecule has 0 aliphatic carbocycles. The quantitative estimate of drug-likeness (QED) is 0.767. The van der Waals surface area contributed by atoms with E-state index in [2.05, 4.69) is 72.0 Å². The molecule has 1 aromatic rings. The van der Waals surface area contributed by atoms with E-state index in [4.69, 9.17) is 4.74 Å². The molecule has 1 aromatic carbocycles. The predicted octanol–water partition coefficient (Wildman–Crippen LogP) is 4.70. The van der Waals surface area contributed by atoms with Gasteiger partial charge in [-0.3, -0.25) is 0 Å². The van der Waals surface area contributed by atoms with Crippen LogP contribution in [0.1, 0.15) is 66.0 Å². The van der Waals surface area contributed by atoms with Crippen molar-refractivity contribution in [2.75, 3.05) is 13.2 Å². The number of hydrogen-bond acceptors (Lipinski definition) is 2. The highest BCUT2D eigenvalue weighted by Crippen LogP contribution is 2.32. The first kappa shape index (κ1) is 18.0. The highest BCUT2D eigenvalue weighted by atomic mass is 16.5. The zero-order valence-corrected chi connectivity index (χ0v) is 15.0. The summed E-state index contributed by atoms with van der Waals surface area (Å²) < 4.78 is 6.04. The molecule has 120 valence electrons. The van der Waals surface area contributed by atoms with Crippen molar-refractivity contribution in [2.45, 2.75) is 72.3 Å². The fraction of sp³-hybridized carbons (Fsp3) is 0.684. The van der Waals surface area contributed by atoms with Gasteiger partial charge in [0.05, 0.1) is 6.61 Å². The van der Waals surface area contributed by atoms with Crippen molar-refractivity contribution in [1.29, 1.82) is 0 Å². The number of nitrogens with one attached hydrogen (secondary N) is 1. The summed E-state index contributed by atoms with van der Waals surface area (Å²) in [5.41, 5.74) is 2.98. The first-order valence-corrected chi connectivity index (χ1v) is 8.15. The average molecular weight is 291 g/mol. The van der Waals surface area contributed by atoms with Gasteiger partial charge in [-0.05, 0) is 62.8 Å². The van der Waals surface area contributed by atoms with Crippen LogP contribution in [-0.2, 0) is 11.8 Å². The van der Waals surface area contributed by atoms with E-state index in [0.717, 1.165) is 31.7 Å². The summed E-state index contributed by atoms with van der Waals surface area (Å²) in [6.45, 7) is 17.2. The predicted molar refractivity (Wildman–Crippen MR) is 92.4 cm³/mol. The molecule has 0 saturated heterocycles. The summed E-state index contributed by atoms with van der Waals surface area (Å²) in [5, 5.41) is 3.49. The van der Waals surface area contributed by atoms with Crippen molar-refractivity contribution in [2.24, 2.45) is 0 Å². The van der Waals surface area contributed by atoms with E-state index in [1.54, 1.807) is 0 Å². The third-order valence-corrected chi connectivity index (χ3v) is 3.49. The molecule has 0 bridgehead atoms. The Labute approximate surface area is 131 Å². The lowest BCUT2D eigenvalue weighted by atomic mass is 9.85. The molecule has 2 nitrogen and oxygen atoms in total. The number of aryl methyl sites for hydroxylation is 1. The standard InChI is InChI=1S/C19H33NO/c1-8-15-10-11-17(16(14-15)18(2,3)4)21-13-9-12-20-19(5,6)7/h10-11,14,20H,8-9,12-13H2,1-7H3. The van der Waals surface area contributed by atoms with Gasteiger partial charge in [0.25, 0.3) is 0 Å². The molecule has 0 aromatic heterocycles. The number of hydrogen-bond donors (Lipinski definition) is 1. The number of ether oxygens (including phenoxy) is 1. The van der Waals surface area contributed by atoms with Gasteiger partial charge < -0.3 is 10.1 Å². The second-order valence-electron chi connectivity index (χ2n) is 7.81. The molecule has 0 amide bonds. The molecule has 0 spiro atoms. The van der Waals surface area contributed by atoms with Crippen LogP contribution in [-0.4, -0.2) is 18.7 Å². The average Bonchev–Trinajstić information content (AvgIpc) is 2.36. The third kappa shape index (κ3) is 6.52. The normalized spacial score (nSPS) is 12.5. The molecule has 0 saturated carbocycles. The highest BCUT2D eigenvalue weighted by Gasteiger charge is 2.19. The minimum atomic E-state index is 0.115. The van der Waals surface area contributed by atoms with E-state index < -0.39 is 0 Å². The van der Waals surface area contributed by atoms with E-state index in [1.165, 1.54) is 11.1 Å². The molecule has 0 radical (unpaired) electrons. The minimum absolute atomic E-state index is 0.115. The Morgan fingerprint density at radius 1 is 1.05 bits per heavy atom. The lowest BCUT2D eigenvalue weighted by Crippen LogP contribution is -2.36. The van der Waals surface area contributed by atoms with Crippen LogP contribution < -0.4 is 10.1 Å². The maximum absolute atomic E-state index is 6.04. The van der Waals surface area contributed by atoms with Crippen LogP contribution in [0.15, 0.2) is 18.2 Å². The van der Waals surface area contributed by atoms with Gasteiger partial charge in [0, 0.05) is 5.54 Å². The van der Waals surface area contributed by atoms with Crippen LogP contribution in [0.4, 0.5) is 0 Å². The molecule has 2 heteroatoms. The van der Waals surface area contributed by atoms with Gasteiger partial charge in [0.2, 0.25) is 0 Å². The third-order valence-electron chi connectivity index (χ3n) is 3.49. The minimum Gasteiger partial charge on any atom is -0.493 e. The summed E-state index contributed by atoms with van der Waals surface area (Å²) in [6, 6.07) is 6.61. The summed E-state index contributed by atoms with van der Waals surface area (Å²) >= 11 is 0. The van der Waals surface area contributed by atoms with Gasteiger partial charge in [0.1, 0.15) is 5.75 Å². The Balaban J connectivity index is 2.62. The second kappa shape index (κ2) is 7.31. The Morgan fingerprint density at radius 2 is 1.71 bits per heavy atom. The largest absolute Gasteiger partial charge is 0.493 e. The molecule has 0 atom stereocenters. The van der Waals surface area contributed by atoms with Crippen LogP contribution >= 0.6 is 0 Å². The smallest absolute Gasteiger partial charge is 0.123 e. The van der Waals surface area contributed by atoms with Gasteiger partial charge >= 0.3 is 0 Å². The second-order valence-corrected chi connectivity index (χ2v) is 7.81. The van der Waals surface area contributed by atoms with Crippen molar-refractivity contribution >= 4 is 0 Å². The van der Waals surface area contributed by atoms with Crippen LogP contribution in [0, 0.1) is 0 Å². The highest BCUT2D eigenvalue weighted by molar-refractivity contribution is 5.41. The zero-order valence-electron chi connectivity index (χ0n) is 15.0. The molecule has 0 heterocycles. The first-order valence-electron chi connectivity index (χ1n) is 8.15. The fourth-order valence-corrected chi connectivity index (χ4v) is 2.23. The van der Waals surface area contributed by atoms with Gasteiger partial charge in [-0.2, -0.15) is 0 Å². The van der Waals surface area contributed by atoms with Gasteiger partial charge in [-0.25, -0.2) is 0 Å². The Kier molecular flexibility index (Phi) is 6.27. The van der Waals surface area contributed by atoms with Crippen LogP contribution in [0.5, 0.6) is 5.75 Å². The number of rotatable bonds is 6. The lowest BCUT2D eigenvalue weighted by Gasteiger charge is -2.24. The van der Waals surface area contributed by atoms with Crippen LogP contribution in [0.2, 0.25) is 0 Å². The van der Waals surface area contributed by atoms with E-state index in [-0.39, 0.29) is 11.0 Å².